The van der Waals surface area contributed by atoms with E-state index in [9.17, 15) is 5.11 Å². The lowest BCUT2D eigenvalue weighted by atomic mass is 9.77. The summed E-state index contributed by atoms with van der Waals surface area (Å²) in [5.41, 5.74) is 0.974. The predicted octanol–water partition coefficient (Wildman–Crippen LogP) is 2.58. The van der Waals surface area contributed by atoms with Crippen LogP contribution in [-0.2, 0) is 6.42 Å². The Hall–Kier alpha value is -1.36. The van der Waals surface area contributed by atoms with Crippen LogP contribution in [0.4, 0.5) is 11.6 Å². The zero-order valence-corrected chi connectivity index (χ0v) is 12.6. The molecule has 1 heterocycles. The summed E-state index contributed by atoms with van der Waals surface area (Å²) in [7, 11) is 0. The number of aliphatic hydroxyl groups excluding tert-OH is 1. The second-order valence-electron chi connectivity index (χ2n) is 5.64. The van der Waals surface area contributed by atoms with E-state index in [2.05, 4.69) is 34.4 Å². The Morgan fingerprint density at radius 3 is 2.50 bits per heavy atom. The topological polar surface area (TPSA) is 70.1 Å². The van der Waals surface area contributed by atoms with Crippen LogP contribution in [0.15, 0.2) is 6.33 Å². The Kier molecular flexibility index (Phi) is 5.17. The first-order valence-electron chi connectivity index (χ1n) is 7.71. The van der Waals surface area contributed by atoms with Crippen molar-refractivity contribution in [2.24, 2.45) is 0 Å². The molecule has 0 amide bonds. The van der Waals surface area contributed by atoms with Gasteiger partial charge in [0.1, 0.15) is 18.0 Å². The normalized spacial score (nSPS) is 16.6. The number of anilines is 2. The van der Waals surface area contributed by atoms with Crippen LogP contribution in [0.2, 0.25) is 0 Å². The van der Waals surface area contributed by atoms with E-state index in [1.807, 2.05) is 0 Å². The van der Waals surface area contributed by atoms with Gasteiger partial charge in [-0.25, -0.2) is 9.97 Å². The molecule has 0 atom stereocenters. The first-order valence-corrected chi connectivity index (χ1v) is 7.71. The molecule has 1 aromatic heterocycles. The van der Waals surface area contributed by atoms with Gasteiger partial charge in [0.05, 0.1) is 12.1 Å². The highest BCUT2D eigenvalue weighted by Crippen LogP contribution is 2.36. The van der Waals surface area contributed by atoms with E-state index in [0.717, 1.165) is 55.8 Å². The van der Waals surface area contributed by atoms with Crippen LogP contribution in [0.5, 0.6) is 0 Å². The molecule has 0 aliphatic heterocycles. The minimum atomic E-state index is -0.168. The van der Waals surface area contributed by atoms with Gasteiger partial charge >= 0.3 is 0 Å². The van der Waals surface area contributed by atoms with Crippen molar-refractivity contribution in [1.82, 2.24) is 9.97 Å². The molecule has 0 bridgehead atoms. The molecule has 1 aliphatic carbocycles. The second kappa shape index (κ2) is 6.88. The number of aromatic nitrogens is 2. The van der Waals surface area contributed by atoms with Crippen LogP contribution in [0.3, 0.4) is 0 Å². The maximum atomic E-state index is 9.61. The Morgan fingerprint density at radius 1 is 1.20 bits per heavy atom. The molecule has 3 N–H and O–H groups in total. The van der Waals surface area contributed by atoms with Gasteiger partial charge in [-0.15, -0.1) is 0 Å². The van der Waals surface area contributed by atoms with Crippen molar-refractivity contribution in [1.29, 1.82) is 0 Å². The first kappa shape index (κ1) is 15.0. The van der Waals surface area contributed by atoms with Gasteiger partial charge in [-0.1, -0.05) is 20.3 Å². The largest absolute Gasteiger partial charge is 0.394 e. The summed E-state index contributed by atoms with van der Waals surface area (Å²) in [4.78, 5) is 8.78. The summed E-state index contributed by atoms with van der Waals surface area (Å²) in [6, 6.07) is 0. The molecule has 1 aliphatic rings. The maximum Gasteiger partial charge on any atom is 0.135 e. The van der Waals surface area contributed by atoms with Crippen LogP contribution in [0.1, 0.15) is 51.5 Å². The number of rotatable bonds is 8. The van der Waals surface area contributed by atoms with Gasteiger partial charge < -0.3 is 15.7 Å². The highest BCUT2D eigenvalue weighted by molar-refractivity contribution is 5.58. The smallest absolute Gasteiger partial charge is 0.135 e. The Morgan fingerprint density at radius 2 is 1.95 bits per heavy atom. The zero-order valence-electron chi connectivity index (χ0n) is 12.6. The van der Waals surface area contributed by atoms with E-state index in [0.29, 0.717) is 0 Å². The summed E-state index contributed by atoms with van der Waals surface area (Å²) >= 11 is 0. The molecule has 1 fully saturated rings. The highest BCUT2D eigenvalue weighted by Gasteiger charge is 2.37. The van der Waals surface area contributed by atoms with Gasteiger partial charge in [0.25, 0.3) is 0 Å². The maximum absolute atomic E-state index is 9.61. The van der Waals surface area contributed by atoms with Gasteiger partial charge in [0.15, 0.2) is 0 Å². The SMILES string of the molecule is CCCNc1ncnc(NC2(CO)CCC2)c1CCC. The molecule has 112 valence electrons. The van der Waals surface area contributed by atoms with Gasteiger partial charge in [-0.3, -0.25) is 0 Å². The minimum absolute atomic E-state index is 0.167. The lowest BCUT2D eigenvalue weighted by molar-refractivity contribution is 0.143. The quantitative estimate of drug-likeness (QED) is 0.682. The molecule has 1 saturated carbocycles. The summed E-state index contributed by atoms with van der Waals surface area (Å²) < 4.78 is 0. The molecule has 0 saturated heterocycles. The van der Waals surface area contributed by atoms with Gasteiger partial charge in [0.2, 0.25) is 0 Å². The minimum Gasteiger partial charge on any atom is -0.394 e. The number of nitrogens with one attached hydrogen (secondary N) is 2. The average Bonchev–Trinajstić information content (AvgIpc) is 2.43. The third-order valence-corrected chi connectivity index (χ3v) is 3.98. The number of nitrogens with zero attached hydrogens (tertiary/aromatic N) is 2. The van der Waals surface area contributed by atoms with Crippen molar-refractivity contribution in [3.63, 3.8) is 0 Å². The van der Waals surface area contributed by atoms with Crippen molar-refractivity contribution >= 4 is 11.6 Å². The molecule has 20 heavy (non-hydrogen) atoms. The predicted molar refractivity (Wildman–Crippen MR) is 82.1 cm³/mol. The molecule has 0 radical (unpaired) electrons. The van der Waals surface area contributed by atoms with Gasteiger partial charge in [-0.2, -0.15) is 0 Å². The molecule has 2 rings (SSSR count). The van der Waals surface area contributed by atoms with Crippen molar-refractivity contribution in [3.8, 4) is 0 Å². The molecule has 0 aromatic carbocycles. The molecule has 1 aromatic rings. The third-order valence-electron chi connectivity index (χ3n) is 3.98. The van der Waals surface area contributed by atoms with E-state index in [1.165, 1.54) is 6.42 Å². The Bertz CT molecular complexity index is 426. The molecule has 5 heteroatoms. The van der Waals surface area contributed by atoms with Gasteiger partial charge in [0, 0.05) is 12.1 Å². The highest BCUT2D eigenvalue weighted by atomic mass is 16.3. The zero-order chi connectivity index (χ0) is 14.4. The molecular weight excluding hydrogens is 252 g/mol. The van der Waals surface area contributed by atoms with Crippen LogP contribution >= 0.6 is 0 Å². The van der Waals surface area contributed by atoms with Crippen molar-refractivity contribution in [3.05, 3.63) is 11.9 Å². The van der Waals surface area contributed by atoms with Crippen LogP contribution in [-0.4, -0.2) is 33.8 Å². The summed E-state index contributed by atoms with van der Waals surface area (Å²) in [5, 5.41) is 16.5. The molecule has 0 spiro atoms. The lowest BCUT2D eigenvalue weighted by Crippen LogP contribution is -2.48. The van der Waals surface area contributed by atoms with E-state index < -0.39 is 0 Å². The van der Waals surface area contributed by atoms with E-state index >= 15 is 0 Å². The van der Waals surface area contributed by atoms with E-state index in [1.54, 1.807) is 6.33 Å². The molecule has 5 nitrogen and oxygen atoms in total. The fourth-order valence-corrected chi connectivity index (χ4v) is 2.58. The summed E-state index contributed by atoms with van der Waals surface area (Å²) in [6.07, 6.45) is 7.85. The van der Waals surface area contributed by atoms with Crippen LogP contribution in [0.25, 0.3) is 0 Å². The Balaban J connectivity index is 2.21. The van der Waals surface area contributed by atoms with Crippen LogP contribution in [0, 0.1) is 0 Å². The molecule has 0 unspecified atom stereocenters. The average molecular weight is 278 g/mol. The monoisotopic (exact) mass is 278 g/mol. The van der Waals surface area contributed by atoms with Crippen LogP contribution < -0.4 is 10.6 Å². The van der Waals surface area contributed by atoms with Crippen molar-refractivity contribution in [2.45, 2.75) is 57.9 Å². The molecular formula is C15H26N4O. The van der Waals surface area contributed by atoms with E-state index in [-0.39, 0.29) is 12.1 Å². The standard InChI is InChI=1S/C15H26N4O/c1-3-6-12-13(16-9-4-2)17-11-18-14(12)19-15(10-20)7-5-8-15/h11,20H,3-10H2,1-2H3,(H2,16,17,18,19). The van der Waals surface area contributed by atoms with Gasteiger partial charge in [-0.05, 0) is 32.1 Å². The number of aliphatic hydroxyl groups is 1. The lowest BCUT2D eigenvalue weighted by Gasteiger charge is -2.41. The van der Waals surface area contributed by atoms with Crippen molar-refractivity contribution < 1.29 is 5.11 Å². The fourth-order valence-electron chi connectivity index (χ4n) is 2.58. The van der Waals surface area contributed by atoms with Crippen molar-refractivity contribution in [2.75, 3.05) is 23.8 Å². The van der Waals surface area contributed by atoms with E-state index in [4.69, 9.17) is 0 Å². The Labute approximate surface area is 121 Å². The first-order chi connectivity index (χ1) is 9.74. The number of hydrogen-bond acceptors (Lipinski definition) is 5. The summed E-state index contributed by atoms with van der Waals surface area (Å²) in [5.74, 6) is 1.81. The second-order valence-corrected chi connectivity index (χ2v) is 5.64. The fraction of sp³-hybridized carbons (Fsp3) is 0.733. The third kappa shape index (κ3) is 3.20. The summed E-state index contributed by atoms with van der Waals surface area (Å²) in [6.45, 7) is 5.38. The number of hydrogen-bond donors (Lipinski definition) is 3.